The van der Waals surface area contributed by atoms with Crippen molar-refractivity contribution >= 4 is 17.4 Å². The quantitative estimate of drug-likeness (QED) is 0.788. The maximum Gasteiger partial charge on any atom is 0.249 e. The summed E-state index contributed by atoms with van der Waals surface area (Å²) in [6.07, 6.45) is 7.03. The molecule has 0 saturated carbocycles. The highest BCUT2D eigenvalue weighted by Gasteiger charge is 2.30. The Morgan fingerprint density at radius 2 is 2.19 bits per heavy atom. The number of piperidine rings is 1. The fraction of sp³-hybridized carbons (Fsp3) is 0.550. The van der Waals surface area contributed by atoms with Crippen molar-refractivity contribution < 1.29 is 4.79 Å². The maximum absolute atomic E-state index is 12.8. The number of likely N-dealkylation sites (tertiary alicyclic amines) is 1. The molecule has 3 rings (SSSR count). The number of carbonyl (C=O) groups excluding carboxylic acids is 1. The molecule has 140 valence electrons. The van der Waals surface area contributed by atoms with Gasteiger partial charge in [-0.1, -0.05) is 6.08 Å². The number of rotatable bonds is 4. The second kappa shape index (κ2) is 7.48. The van der Waals surface area contributed by atoms with E-state index < -0.39 is 0 Å². The van der Waals surface area contributed by atoms with Crippen molar-refractivity contribution in [1.82, 2.24) is 19.5 Å². The van der Waals surface area contributed by atoms with Crippen LogP contribution in [0.3, 0.4) is 0 Å². The average molecular weight is 355 g/mol. The first-order valence-electron chi connectivity index (χ1n) is 9.48. The summed E-state index contributed by atoms with van der Waals surface area (Å²) < 4.78 is 1.84. The SMILES string of the molecule is C/C=C(\C)C(=O)N1CCCC[C@H]1c1cc2nc(N(C)CC)c(C)cn2n1. The molecule has 6 nitrogen and oxygen atoms in total. The fourth-order valence-electron chi connectivity index (χ4n) is 3.55. The average Bonchev–Trinajstić information content (AvgIpc) is 3.08. The smallest absolute Gasteiger partial charge is 0.249 e. The van der Waals surface area contributed by atoms with E-state index in [1.165, 1.54) is 0 Å². The normalized spacial score (nSPS) is 18.4. The molecule has 1 saturated heterocycles. The molecule has 1 fully saturated rings. The Kier molecular flexibility index (Phi) is 5.30. The Hall–Kier alpha value is -2.37. The molecular formula is C20H29N5O. The maximum atomic E-state index is 12.8. The Balaban J connectivity index is 1.99. The summed E-state index contributed by atoms with van der Waals surface area (Å²) >= 11 is 0. The van der Waals surface area contributed by atoms with Gasteiger partial charge in [-0.15, -0.1) is 0 Å². The van der Waals surface area contributed by atoms with Crippen LogP contribution in [0.5, 0.6) is 0 Å². The zero-order valence-corrected chi connectivity index (χ0v) is 16.5. The summed E-state index contributed by atoms with van der Waals surface area (Å²) in [7, 11) is 2.05. The van der Waals surface area contributed by atoms with Crippen LogP contribution in [0.4, 0.5) is 5.82 Å². The third-order valence-electron chi connectivity index (χ3n) is 5.34. The van der Waals surface area contributed by atoms with Gasteiger partial charge in [0.05, 0.1) is 11.7 Å². The first-order valence-corrected chi connectivity index (χ1v) is 9.48. The zero-order valence-electron chi connectivity index (χ0n) is 16.5. The number of allylic oxidation sites excluding steroid dienone is 1. The first kappa shape index (κ1) is 18.4. The molecule has 3 heterocycles. The van der Waals surface area contributed by atoms with Gasteiger partial charge in [0.1, 0.15) is 5.82 Å². The van der Waals surface area contributed by atoms with Gasteiger partial charge in [-0.05, 0) is 47.0 Å². The van der Waals surface area contributed by atoms with E-state index >= 15 is 0 Å². The lowest BCUT2D eigenvalue weighted by Crippen LogP contribution is -2.39. The number of hydrogen-bond donors (Lipinski definition) is 0. The molecule has 1 atom stereocenters. The number of hydrogen-bond acceptors (Lipinski definition) is 4. The lowest BCUT2D eigenvalue weighted by Gasteiger charge is -2.35. The van der Waals surface area contributed by atoms with Gasteiger partial charge in [-0.2, -0.15) is 5.10 Å². The van der Waals surface area contributed by atoms with Crippen LogP contribution in [0, 0.1) is 6.92 Å². The molecule has 0 unspecified atom stereocenters. The lowest BCUT2D eigenvalue weighted by atomic mass is 9.98. The predicted molar refractivity (Wildman–Crippen MR) is 104 cm³/mol. The molecule has 0 bridgehead atoms. The van der Waals surface area contributed by atoms with E-state index in [0.717, 1.165) is 60.6 Å². The minimum Gasteiger partial charge on any atom is -0.360 e. The molecule has 2 aromatic rings. The Labute approximate surface area is 155 Å². The van der Waals surface area contributed by atoms with Gasteiger partial charge in [-0.25, -0.2) is 9.50 Å². The minimum absolute atomic E-state index is 0.0283. The molecule has 1 aliphatic rings. The third-order valence-corrected chi connectivity index (χ3v) is 5.34. The lowest BCUT2D eigenvalue weighted by molar-refractivity contribution is -0.130. The number of aromatic nitrogens is 3. The molecule has 0 aliphatic carbocycles. The van der Waals surface area contributed by atoms with Crippen LogP contribution in [0.1, 0.15) is 57.3 Å². The van der Waals surface area contributed by atoms with Crippen molar-refractivity contribution in [3.63, 3.8) is 0 Å². The second-order valence-corrected chi connectivity index (χ2v) is 7.12. The molecular weight excluding hydrogens is 326 g/mol. The minimum atomic E-state index is 0.0283. The summed E-state index contributed by atoms with van der Waals surface area (Å²) in [6, 6.07) is 2.06. The van der Waals surface area contributed by atoms with E-state index in [-0.39, 0.29) is 11.9 Å². The fourth-order valence-corrected chi connectivity index (χ4v) is 3.55. The number of amides is 1. The third kappa shape index (κ3) is 3.32. The molecule has 0 radical (unpaired) electrons. The number of anilines is 1. The number of fused-ring (bicyclic) bond motifs is 1. The van der Waals surface area contributed by atoms with Crippen LogP contribution in [0.15, 0.2) is 23.9 Å². The standard InChI is InChI=1S/C20H29N5O/c1-6-14(3)20(26)24-11-9-8-10-17(24)16-12-18-21-19(23(5)7-2)15(4)13-25(18)22-16/h6,12-13,17H,7-11H2,1-5H3/b14-6+/t17-/m0/s1. The predicted octanol–water partition coefficient (Wildman–Crippen LogP) is 3.51. The summed E-state index contributed by atoms with van der Waals surface area (Å²) in [5, 5.41) is 4.76. The topological polar surface area (TPSA) is 53.7 Å². The molecule has 26 heavy (non-hydrogen) atoms. The van der Waals surface area contributed by atoms with Crippen molar-refractivity contribution in [3.8, 4) is 0 Å². The van der Waals surface area contributed by atoms with E-state index in [9.17, 15) is 4.79 Å². The van der Waals surface area contributed by atoms with Gasteiger partial charge < -0.3 is 9.80 Å². The highest BCUT2D eigenvalue weighted by atomic mass is 16.2. The van der Waals surface area contributed by atoms with E-state index in [1.54, 1.807) is 0 Å². The highest BCUT2D eigenvalue weighted by Crippen LogP contribution is 2.32. The van der Waals surface area contributed by atoms with Gasteiger partial charge in [0.2, 0.25) is 5.91 Å². The van der Waals surface area contributed by atoms with Crippen LogP contribution in [0.2, 0.25) is 0 Å². The summed E-state index contributed by atoms with van der Waals surface area (Å²) in [6.45, 7) is 9.66. The highest BCUT2D eigenvalue weighted by molar-refractivity contribution is 5.93. The molecule has 1 amide bonds. The molecule has 6 heteroatoms. The van der Waals surface area contributed by atoms with Gasteiger partial charge in [-0.3, -0.25) is 4.79 Å². The van der Waals surface area contributed by atoms with Gasteiger partial charge in [0.25, 0.3) is 0 Å². The van der Waals surface area contributed by atoms with Crippen molar-refractivity contribution in [1.29, 1.82) is 0 Å². The van der Waals surface area contributed by atoms with E-state index in [0.29, 0.717) is 0 Å². The summed E-state index contributed by atoms with van der Waals surface area (Å²) in [5.41, 5.74) is 3.66. The van der Waals surface area contributed by atoms with Gasteiger partial charge >= 0.3 is 0 Å². The summed E-state index contributed by atoms with van der Waals surface area (Å²) in [4.78, 5) is 21.7. The molecule has 2 aromatic heterocycles. The number of carbonyl (C=O) groups is 1. The van der Waals surface area contributed by atoms with E-state index in [2.05, 4.69) is 18.7 Å². The molecule has 0 aromatic carbocycles. The monoisotopic (exact) mass is 355 g/mol. The number of aryl methyl sites for hydroxylation is 1. The van der Waals surface area contributed by atoms with E-state index in [1.807, 2.05) is 48.6 Å². The molecule has 0 N–H and O–H groups in total. The second-order valence-electron chi connectivity index (χ2n) is 7.12. The largest absolute Gasteiger partial charge is 0.360 e. The first-order chi connectivity index (χ1) is 12.5. The Morgan fingerprint density at radius 3 is 2.88 bits per heavy atom. The van der Waals surface area contributed by atoms with Crippen molar-refractivity contribution in [2.24, 2.45) is 0 Å². The zero-order chi connectivity index (χ0) is 18.8. The van der Waals surface area contributed by atoms with E-state index in [4.69, 9.17) is 10.1 Å². The van der Waals surface area contributed by atoms with Crippen LogP contribution >= 0.6 is 0 Å². The number of nitrogens with zero attached hydrogens (tertiary/aromatic N) is 5. The Bertz CT molecular complexity index is 838. The van der Waals surface area contributed by atoms with Crippen LogP contribution in [-0.2, 0) is 4.79 Å². The van der Waals surface area contributed by atoms with Crippen molar-refractivity contribution in [2.45, 2.75) is 53.0 Å². The molecule has 1 aliphatic heterocycles. The van der Waals surface area contributed by atoms with Crippen LogP contribution < -0.4 is 4.90 Å². The Morgan fingerprint density at radius 1 is 1.42 bits per heavy atom. The summed E-state index contributed by atoms with van der Waals surface area (Å²) in [5.74, 6) is 1.09. The molecule has 0 spiro atoms. The van der Waals surface area contributed by atoms with Crippen LogP contribution in [-0.4, -0.2) is 45.5 Å². The van der Waals surface area contributed by atoms with Gasteiger partial charge in [0, 0.05) is 43.5 Å². The van der Waals surface area contributed by atoms with Crippen molar-refractivity contribution in [3.05, 3.63) is 35.2 Å². The van der Waals surface area contributed by atoms with Crippen LogP contribution in [0.25, 0.3) is 5.65 Å². The van der Waals surface area contributed by atoms with Gasteiger partial charge in [0.15, 0.2) is 5.65 Å². The van der Waals surface area contributed by atoms with Crippen molar-refractivity contribution in [2.75, 3.05) is 25.0 Å².